The zero-order chi connectivity index (χ0) is 25.7. The lowest BCUT2D eigenvalue weighted by Gasteiger charge is -2.20. The van der Waals surface area contributed by atoms with E-state index in [2.05, 4.69) is 23.0 Å². The Morgan fingerprint density at radius 1 is 0.972 bits per heavy atom. The van der Waals surface area contributed by atoms with Crippen LogP contribution in [0, 0.1) is 11.3 Å². The molecule has 0 bridgehead atoms. The molecule has 1 saturated heterocycles. The summed E-state index contributed by atoms with van der Waals surface area (Å²) in [6.45, 7) is 6.18. The number of aromatic nitrogens is 2. The molecule has 0 unspecified atom stereocenters. The molecule has 0 amide bonds. The normalized spacial score (nSPS) is 14.1. The summed E-state index contributed by atoms with van der Waals surface area (Å²) in [5.41, 5.74) is 5.31. The van der Waals surface area contributed by atoms with Crippen LogP contribution in [0.25, 0.3) is 27.9 Å². The number of rotatable bonds is 4. The number of benzene rings is 2. The highest BCUT2D eigenvalue weighted by Crippen LogP contribution is 2.38. The van der Waals surface area contributed by atoms with Crippen LogP contribution in [0.15, 0.2) is 67.1 Å². The number of piperidine rings is 1. The fourth-order valence-electron chi connectivity index (χ4n) is 4.55. The quantitative estimate of drug-likeness (QED) is 0.393. The number of imidazole rings is 1. The summed E-state index contributed by atoms with van der Waals surface area (Å²) in [4.78, 5) is 6.71. The Morgan fingerprint density at radius 3 is 2.14 bits per heavy atom. The smallest absolute Gasteiger partial charge is 0.145 e. The number of hydrogen-bond acceptors (Lipinski definition) is 5. The minimum Gasteiger partial charge on any atom is -0.494 e. The molecule has 0 aliphatic carbocycles. The summed E-state index contributed by atoms with van der Waals surface area (Å²) in [5.74, 6) is 0.721. The van der Waals surface area contributed by atoms with Crippen molar-refractivity contribution in [3.8, 4) is 34.2 Å². The molecule has 0 atom stereocenters. The first-order valence-corrected chi connectivity index (χ1v) is 12.4. The van der Waals surface area contributed by atoms with E-state index in [0.717, 1.165) is 39.2 Å². The van der Waals surface area contributed by atoms with Crippen LogP contribution >= 0.6 is 0 Å². The van der Waals surface area contributed by atoms with E-state index in [1.165, 1.54) is 32.4 Å². The van der Waals surface area contributed by atoms with Crippen LogP contribution in [0.3, 0.4) is 0 Å². The summed E-state index contributed by atoms with van der Waals surface area (Å²) >= 11 is 0. The van der Waals surface area contributed by atoms with Gasteiger partial charge in [-0.2, -0.15) is 5.26 Å². The van der Waals surface area contributed by atoms with Gasteiger partial charge in [0.2, 0.25) is 0 Å². The average molecular weight is 483 g/mol. The molecule has 6 heteroatoms. The number of fused-ring (bicyclic) bond motifs is 1. The van der Waals surface area contributed by atoms with Crippen molar-refractivity contribution in [2.45, 2.75) is 38.7 Å². The van der Waals surface area contributed by atoms with Crippen molar-refractivity contribution >= 4 is 5.52 Å². The highest BCUT2D eigenvalue weighted by atomic mass is 16.5. The van der Waals surface area contributed by atoms with Crippen molar-refractivity contribution in [2.75, 3.05) is 27.2 Å². The molecule has 0 radical (unpaired) electrons. The minimum absolute atomic E-state index is 0.612. The van der Waals surface area contributed by atoms with Crippen molar-refractivity contribution in [1.82, 2.24) is 14.3 Å². The third kappa shape index (κ3) is 5.59. The highest BCUT2D eigenvalue weighted by molar-refractivity contribution is 5.86. The highest BCUT2D eigenvalue weighted by Gasteiger charge is 2.19. The van der Waals surface area contributed by atoms with E-state index in [1.807, 2.05) is 46.9 Å². The van der Waals surface area contributed by atoms with Gasteiger partial charge >= 0.3 is 0 Å². The van der Waals surface area contributed by atoms with E-state index >= 15 is 0 Å². The molecule has 186 valence electrons. The van der Waals surface area contributed by atoms with Crippen LogP contribution in [0.1, 0.15) is 44.2 Å². The van der Waals surface area contributed by atoms with Crippen molar-refractivity contribution in [1.29, 1.82) is 5.26 Å². The molecule has 36 heavy (non-hydrogen) atoms. The third-order valence-corrected chi connectivity index (χ3v) is 6.65. The Balaban J connectivity index is 0.000000375. The molecule has 4 aromatic rings. The second kappa shape index (κ2) is 10.9. The van der Waals surface area contributed by atoms with Gasteiger partial charge in [0, 0.05) is 5.56 Å². The van der Waals surface area contributed by atoms with E-state index in [4.69, 9.17) is 10.00 Å². The molecule has 0 spiro atoms. The molecule has 1 fully saturated rings. The number of methoxy groups -OCH3 is 1. The number of ether oxygens (including phenoxy) is 1. The third-order valence-electron chi connectivity index (χ3n) is 6.65. The van der Waals surface area contributed by atoms with Crippen LogP contribution < -0.4 is 4.74 Å². The molecule has 6 nitrogen and oxygen atoms in total. The van der Waals surface area contributed by atoms with Crippen molar-refractivity contribution < 1.29 is 9.84 Å². The fourth-order valence-corrected chi connectivity index (χ4v) is 4.55. The van der Waals surface area contributed by atoms with Crippen LogP contribution in [0.5, 0.6) is 5.75 Å². The minimum atomic E-state index is -0.904. The zero-order valence-electron chi connectivity index (χ0n) is 21.5. The molecule has 3 heterocycles. The lowest BCUT2D eigenvalue weighted by atomic mass is 9.94. The van der Waals surface area contributed by atoms with Crippen molar-refractivity contribution in [2.24, 2.45) is 0 Å². The van der Waals surface area contributed by atoms with E-state index in [0.29, 0.717) is 5.56 Å². The summed E-state index contributed by atoms with van der Waals surface area (Å²) in [7, 11) is 3.84. The predicted octanol–water partition coefficient (Wildman–Crippen LogP) is 5.88. The van der Waals surface area contributed by atoms with Crippen LogP contribution in [0.4, 0.5) is 0 Å². The van der Waals surface area contributed by atoms with Gasteiger partial charge in [-0.05, 0) is 81.7 Å². The molecular weight excluding hydrogens is 448 g/mol. The molecular formula is C30H34N4O2. The number of nitriles is 1. The number of likely N-dealkylation sites (tertiary alicyclic amines) is 1. The Morgan fingerprint density at radius 2 is 1.61 bits per heavy atom. The maximum Gasteiger partial charge on any atom is 0.145 e. The summed E-state index contributed by atoms with van der Waals surface area (Å²) < 4.78 is 7.61. The maximum absolute atomic E-state index is 10.3. The second-order valence-corrected chi connectivity index (χ2v) is 9.81. The van der Waals surface area contributed by atoms with Crippen LogP contribution in [0.2, 0.25) is 0 Å². The number of aliphatic hydroxyl groups is 1. The van der Waals surface area contributed by atoms with Gasteiger partial charge in [0.15, 0.2) is 0 Å². The van der Waals surface area contributed by atoms with Gasteiger partial charge in [-0.3, -0.25) is 4.40 Å². The van der Waals surface area contributed by atoms with Crippen molar-refractivity contribution in [3.63, 3.8) is 0 Å². The number of pyridine rings is 1. The van der Waals surface area contributed by atoms with Crippen molar-refractivity contribution in [3.05, 3.63) is 78.2 Å². The number of hydrogen-bond donors (Lipinski definition) is 1. The second-order valence-electron chi connectivity index (χ2n) is 9.81. The topological polar surface area (TPSA) is 73.8 Å². The van der Waals surface area contributed by atoms with Gasteiger partial charge in [-0.1, -0.05) is 42.8 Å². The molecule has 5 rings (SSSR count). The molecule has 1 aliphatic rings. The molecule has 1 aliphatic heterocycles. The Hall–Kier alpha value is -3.66. The maximum atomic E-state index is 10.3. The lowest BCUT2D eigenvalue weighted by molar-refractivity contribution is 0.0786. The molecule has 2 aromatic carbocycles. The Labute approximate surface area is 213 Å². The largest absolute Gasteiger partial charge is 0.494 e. The molecule has 2 aromatic heterocycles. The van der Waals surface area contributed by atoms with E-state index in [9.17, 15) is 5.11 Å². The Bertz CT molecular complexity index is 1340. The van der Waals surface area contributed by atoms with Crippen LogP contribution in [-0.4, -0.2) is 46.6 Å². The first-order chi connectivity index (χ1) is 17.3. The zero-order valence-corrected chi connectivity index (χ0v) is 21.5. The Kier molecular flexibility index (Phi) is 7.73. The van der Waals surface area contributed by atoms with Gasteiger partial charge in [-0.25, -0.2) is 4.98 Å². The summed E-state index contributed by atoms with van der Waals surface area (Å²) in [6.07, 6.45) is 7.82. The lowest BCUT2D eigenvalue weighted by Crippen LogP contribution is -2.24. The van der Waals surface area contributed by atoms with Gasteiger partial charge in [0.05, 0.1) is 42.6 Å². The first-order valence-electron chi connectivity index (χ1n) is 12.4. The first kappa shape index (κ1) is 25.4. The van der Waals surface area contributed by atoms with E-state index in [1.54, 1.807) is 45.6 Å². The number of nitrogens with zero attached hydrogens (tertiary/aromatic N) is 4. The molecule has 0 saturated carbocycles. The summed E-state index contributed by atoms with van der Waals surface area (Å²) in [6, 6.07) is 19.5. The van der Waals surface area contributed by atoms with Gasteiger partial charge in [0.1, 0.15) is 11.3 Å². The van der Waals surface area contributed by atoms with E-state index < -0.39 is 5.60 Å². The fraction of sp³-hybridized carbons (Fsp3) is 0.333. The SMILES string of the molecule is CN1CCCCC1.COc1cc(-c2ccc(C#N)cc2)c(-c2ccc(C(C)(C)O)cc2)n2cncc12. The van der Waals surface area contributed by atoms with Gasteiger partial charge in [-0.15, -0.1) is 0 Å². The van der Waals surface area contributed by atoms with Gasteiger partial charge in [0.25, 0.3) is 0 Å². The van der Waals surface area contributed by atoms with Crippen LogP contribution in [-0.2, 0) is 5.60 Å². The average Bonchev–Trinajstić information content (AvgIpc) is 3.38. The molecule has 1 N–H and O–H groups in total. The van der Waals surface area contributed by atoms with Gasteiger partial charge < -0.3 is 14.7 Å². The standard InChI is InChI=1S/C24H21N3O2.C6H13N/c1-24(2,28)19-10-8-18(9-11-19)23-20(17-6-4-16(13-25)5-7-17)12-22(29-3)21-14-26-15-27(21)23;1-7-5-3-2-4-6-7/h4-12,14-15,28H,1-3H3;2-6H2,1H3. The monoisotopic (exact) mass is 482 g/mol. The summed E-state index contributed by atoms with van der Waals surface area (Å²) in [5, 5.41) is 19.4. The van der Waals surface area contributed by atoms with E-state index in [-0.39, 0.29) is 0 Å². The predicted molar refractivity (Wildman–Crippen MR) is 144 cm³/mol.